The molecule has 1 saturated heterocycles. The lowest BCUT2D eigenvalue weighted by Gasteiger charge is -2.35. The summed E-state index contributed by atoms with van der Waals surface area (Å²) in [5.74, 6) is 1.09. The maximum atomic E-state index is 13.5. The smallest absolute Gasteiger partial charge is 0.388 e. The molecule has 1 aromatic carbocycles. The molecule has 4 rings (SSSR count). The molecule has 10 heteroatoms. The van der Waals surface area contributed by atoms with E-state index in [1.165, 1.54) is 6.07 Å². The molecule has 2 fully saturated rings. The number of alkyl halides is 6. The van der Waals surface area contributed by atoms with Crippen LogP contribution in [0.2, 0.25) is 0 Å². The van der Waals surface area contributed by atoms with Crippen molar-refractivity contribution in [3.63, 3.8) is 0 Å². The number of benzene rings is 1. The molecule has 1 atom stereocenters. The number of hydrogen-bond acceptors (Lipinski definition) is 4. The lowest BCUT2D eigenvalue weighted by atomic mass is 9.84. The Morgan fingerprint density at radius 1 is 1.00 bits per heavy atom. The first-order valence-electron chi connectivity index (χ1n) is 10.4. The van der Waals surface area contributed by atoms with Crippen LogP contribution in [0.25, 0.3) is 10.9 Å². The minimum absolute atomic E-state index is 0.169. The quantitative estimate of drug-likeness (QED) is 0.676. The zero-order valence-corrected chi connectivity index (χ0v) is 17.7. The van der Waals surface area contributed by atoms with Crippen LogP contribution in [0.15, 0.2) is 24.3 Å². The van der Waals surface area contributed by atoms with Crippen molar-refractivity contribution < 1.29 is 31.4 Å². The average molecular weight is 470 g/mol. The zero-order valence-electron chi connectivity index (χ0n) is 17.7. The van der Waals surface area contributed by atoms with Crippen LogP contribution in [-0.2, 0) is 12.4 Å². The van der Waals surface area contributed by atoms with Gasteiger partial charge in [0.1, 0.15) is 5.69 Å². The van der Waals surface area contributed by atoms with Gasteiger partial charge in [0.05, 0.1) is 17.2 Å². The van der Waals surface area contributed by atoms with Crippen molar-refractivity contribution in [3.8, 4) is 0 Å². The molecule has 2 heterocycles. The fourth-order valence-electron chi connectivity index (χ4n) is 4.17. The summed E-state index contributed by atoms with van der Waals surface area (Å²) >= 11 is 0. The van der Waals surface area contributed by atoms with E-state index in [0.717, 1.165) is 38.2 Å². The molecule has 5 radical (unpaired) electrons. The molecule has 1 saturated carbocycles. The molecule has 177 valence electrons. The number of piperazine rings is 1. The number of aliphatic hydroxyl groups excluding tert-OH is 1. The lowest BCUT2D eigenvalue weighted by molar-refractivity contribution is -0.142. The normalized spacial score (nSPS) is 21.2. The van der Waals surface area contributed by atoms with E-state index in [9.17, 15) is 31.4 Å². The van der Waals surface area contributed by atoms with Gasteiger partial charge in [-0.05, 0) is 44.0 Å². The first-order chi connectivity index (χ1) is 15.4. The van der Waals surface area contributed by atoms with Crippen molar-refractivity contribution in [2.24, 2.45) is 0 Å². The molecule has 1 N–H and O–H groups in total. The third-order valence-corrected chi connectivity index (χ3v) is 5.99. The maximum absolute atomic E-state index is 13.5. The van der Waals surface area contributed by atoms with Gasteiger partial charge in [0, 0.05) is 49.9 Å². The molecule has 4 nitrogen and oxygen atoms in total. The van der Waals surface area contributed by atoms with Gasteiger partial charge in [-0.1, -0.05) is 12.1 Å². The van der Waals surface area contributed by atoms with Gasteiger partial charge in [0.2, 0.25) is 0 Å². The Morgan fingerprint density at radius 2 is 1.70 bits per heavy atom. The molecule has 1 aliphatic heterocycles. The highest BCUT2D eigenvalue weighted by atomic mass is 19.4. The summed E-state index contributed by atoms with van der Waals surface area (Å²) in [5.41, 5.74) is -3.85. The van der Waals surface area contributed by atoms with E-state index < -0.39 is 35.2 Å². The fourth-order valence-corrected chi connectivity index (χ4v) is 4.17. The monoisotopic (exact) mass is 470 g/mol. The Hall–Kier alpha value is -1.91. The third kappa shape index (κ3) is 5.12. The van der Waals surface area contributed by atoms with E-state index in [4.69, 9.17) is 0 Å². The van der Waals surface area contributed by atoms with Crippen molar-refractivity contribution in [2.75, 3.05) is 39.8 Å². The molecular weight excluding hydrogens is 448 g/mol. The summed E-state index contributed by atoms with van der Waals surface area (Å²) < 4.78 is 81.1. The van der Waals surface area contributed by atoms with Crippen LogP contribution in [0, 0.1) is 31.1 Å². The summed E-state index contributed by atoms with van der Waals surface area (Å²) in [4.78, 5) is 7.64. The van der Waals surface area contributed by atoms with Crippen LogP contribution in [-0.4, -0.2) is 59.7 Å². The van der Waals surface area contributed by atoms with Crippen LogP contribution in [0.3, 0.4) is 0 Å². The number of halogens is 6. The van der Waals surface area contributed by atoms with E-state index in [1.807, 2.05) is 7.05 Å². The maximum Gasteiger partial charge on any atom is 0.433 e. The van der Waals surface area contributed by atoms with Crippen LogP contribution in [0.5, 0.6) is 0 Å². The summed E-state index contributed by atoms with van der Waals surface area (Å²) in [7, 11) is 2.01. The van der Waals surface area contributed by atoms with Crippen LogP contribution < -0.4 is 0 Å². The van der Waals surface area contributed by atoms with Gasteiger partial charge in [0.15, 0.2) is 0 Å². The molecule has 0 amide bonds. The van der Waals surface area contributed by atoms with Gasteiger partial charge >= 0.3 is 12.4 Å². The number of rotatable bonds is 4. The van der Waals surface area contributed by atoms with Gasteiger partial charge in [-0.3, -0.25) is 0 Å². The molecule has 1 aromatic heterocycles. The second-order valence-electron chi connectivity index (χ2n) is 8.28. The first kappa shape index (κ1) is 24.2. The second-order valence-corrected chi connectivity index (χ2v) is 8.28. The van der Waals surface area contributed by atoms with Crippen LogP contribution in [0.4, 0.5) is 26.3 Å². The number of aliphatic hydroxyl groups is 1. The third-order valence-electron chi connectivity index (χ3n) is 5.99. The summed E-state index contributed by atoms with van der Waals surface area (Å²) in [6.45, 7) is 3.80. The van der Waals surface area contributed by atoms with Crippen LogP contribution in [0.1, 0.15) is 22.9 Å². The standard InChI is InChI=1S/C23H22F6N3O/c1-31-8-10-32(11-9-31)13-14-4-2-5-15(14)21(33)17-12-19(23(27,28)29)30-20-16(17)6-3-7-18(20)22(24,25)26/h2-7,12,21,33H,8-11,13H2,1H3/t21-/m0/s1. The molecule has 2 aliphatic rings. The molecule has 33 heavy (non-hydrogen) atoms. The number of aromatic nitrogens is 1. The SMILES string of the molecule is CN1CCN(C[C]2[CH][CH][CH][C]2[C@H](O)c2cc(C(F)(F)F)nc3c(C(F)(F)F)cccc23)CC1. The number of fused-ring (bicyclic) bond motifs is 1. The van der Waals surface area contributed by atoms with Gasteiger partial charge < -0.3 is 14.9 Å². The minimum atomic E-state index is -4.98. The Bertz CT molecular complexity index is 985. The highest BCUT2D eigenvalue weighted by Crippen LogP contribution is 2.46. The Balaban J connectivity index is 1.71. The topological polar surface area (TPSA) is 39.6 Å². The highest BCUT2D eigenvalue weighted by molar-refractivity contribution is 5.86. The largest absolute Gasteiger partial charge is 0.433 e. The number of pyridine rings is 1. The molecule has 1 aliphatic carbocycles. The molecular formula is C23H22F6N3O. The van der Waals surface area contributed by atoms with Crippen molar-refractivity contribution in [1.82, 2.24) is 14.8 Å². The highest BCUT2D eigenvalue weighted by Gasteiger charge is 2.41. The predicted molar refractivity (Wildman–Crippen MR) is 110 cm³/mol. The van der Waals surface area contributed by atoms with Gasteiger partial charge in [0.25, 0.3) is 0 Å². The van der Waals surface area contributed by atoms with Crippen molar-refractivity contribution in [1.29, 1.82) is 0 Å². The van der Waals surface area contributed by atoms with Gasteiger partial charge in [-0.25, -0.2) is 4.98 Å². The summed E-state index contributed by atoms with van der Waals surface area (Å²) in [5, 5.41) is 10.9. The second kappa shape index (κ2) is 9.03. The summed E-state index contributed by atoms with van der Waals surface area (Å²) in [6, 6.07) is 3.68. The number of likely N-dealkylation sites (N-methyl/N-ethyl adjacent to an activating group) is 1. The average Bonchev–Trinajstić information content (AvgIpc) is 3.20. The first-order valence-corrected chi connectivity index (χ1v) is 10.4. The van der Waals surface area contributed by atoms with Crippen molar-refractivity contribution in [3.05, 3.63) is 72.2 Å². The minimum Gasteiger partial charge on any atom is -0.388 e. The van der Waals surface area contributed by atoms with Gasteiger partial charge in [-0.2, -0.15) is 26.3 Å². The molecule has 0 spiro atoms. The lowest BCUT2D eigenvalue weighted by Crippen LogP contribution is -2.46. The van der Waals surface area contributed by atoms with Crippen molar-refractivity contribution in [2.45, 2.75) is 18.5 Å². The Labute approximate surface area is 188 Å². The van der Waals surface area contributed by atoms with E-state index in [-0.39, 0.29) is 10.9 Å². The zero-order chi connectivity index (χ0) is 24.0. The summed E-state index contributed by atoms with van der Waals surface area (Å²) in [6.07, 6.45) is -6.38. The Morgan fingerprint density at radius 3 is 2.33 bits per heavy atom. The molecule has 0 bridgehead atoms. The fraction of sp³-hybridized carbons (Fsp3) is 0.391. The van der Waals surface area contributed by atoms with E-state index in [0.29, 0.717) is 24.6 Å². The number of para-hydroxylation sites is 1. The predicted octanol–water partition coefficient (Wildman–Crippen LogP) is 4.33. The number of hydrogen-bond donors (Lipinski definition) is 1. The van der Waals surface area contributed by atoms with Gasteiger partial charge in [-0.15, -0.1) is 0 Å². The van der Waals surface area contributed by atoms with E-state index in [2.05, 4.69) is 14.8 Å². The number of nitrogens with zero attached hydrogens (tertiary/aromatic N) is 3. The molecule has 0 unspecified atom stereocenters. The Kier molecular flexibility index (Phi) is 6.63. The van der Waals surface area contributed by atoms with Crippen LogP contribution >= 0.6 is 0 Å². The van der Waals surface area contributed by atoms with Crippen molar-refractivity contribution >= 4 is 10.9 Å². The molecule has 2 aromatic rings. The van der Waals surface area contributed by atoms with E-state index in [1.54, 1.807) is 19.3 Å². The van der Waals surface area contributed by atoms with E-state index >= 15 is 0 Å².